The Hall–Kier alpha value is -2.34. The molecule has 0 saturated heterocycles. The average Bonchev–Trinajstić information content (AvgIpc) is 2.97. The van der Waals surface area contributed by atoms with Crippen LogP contribution in [0.5, 0.6) is 0 Å². The van der Waals surface area contributed by atoms with E-state index in [1.807, 2.05) is 30.3 Å². The predicted molar refractivity (Wildman–Crippen MR) is 85.8 cm³/mol. The van der Waals surface area contributed by atoms with Gasteiger partial charge in [-0.2, -0.15) is 0 Å². The van der Waals surface area contributed by atoms with E-state index in [-0.39, 0.29) is 15.9 Å². The molecule has 1 aliphatic rings. The van der Waals surface area contributed by atoms with Gasteiger partial charge in [-0.1, -0.05) is 42.1 Å². The Morgan fingerprint density at radius 3 is 2.52 bits per heavy atom. The zero-order valence-corrected chi connectivity index (χ0v) is 11.9. The summed E-state index contributed by atoms with van der Waals surface area (Å²) in [4.78, 5) is 14.8. The monoisotopic (exact) mass is 299 g/mol. The van der Waals surface area contributed by atoms with Crippen LogP contribution in [0, 0.1) is 10.1 Å². The quantitative estimate of drug-likeness (QED) is 0.690. The fraction of sp³-hybridized carbons (Fsp3) is 0.133. The third-order valence-electron chi connectivity index (χ3n) is 3.16. The summed E-state index contributed by atoms with van der Waals surface area (Å²) in [7, 11) is 0. The summed E-state index contributed by atoms with van der Waals surface area (Å²) in [5, 5.41) is 15.0. The molecule has 0 aromatic heterocycles. The lowest BCUT2D eigenvalue weighted by atomic mass is 10.1. The summed E-state index contributed by atoms with van der Waals surface area (Å²) < 4.78 is 0. The Morgan fingerprint density at radius 2 is 1.86 bits per heavy atom. The van der Waals surface area contributed by atoms with Crippen LogP contribution in [0.25, 0.3) is 0 Å². The van der Waals surface area contributed by atoms with E-state index in [1.54, 1.807) is 36.0 Å². The lowest BCUT2D eigenvalue weighted by Crippen LogP contribution is -2.04. The minimum Gasteiger partial charge on any atom is -0.335 e. The molecule has 2 aromatic rings. The maximum absolute atomic E-state index is 10.7. The number of non-ortho nitro benzene ring substituents is 1. The number of anilines is 1. The van der Waals surface area contributed by atoms with Crippen molar-refractivity contribution >= 4 is 28.3 Å². The lowest BCUT2D eigenvalue weighted by Gasteiger charge is -2.09. The number of nitro groups is 1. The van der Waals surface area contributed by atoms with E-state index in [2.05, 4.69) is 10.3 Å². The number of rotatable bonds is 3. The number of amidine groups is 1. The molecule has 1 aliphatic heterocycles. The van der Waals surface area contributed by atoms with E-state index in [0.29, 0.717) is 6.54 Å². The highest BCUT2D eigenvalue weighted by atomic mass is 32.2. The molecule has 0 fully saturated rings. The highest BCUT2D eigenvalue weighted by molar-refractivity contribution is 8.14. The molecule has 1 unspecified atom stereocenters. The number of para-hydroxylation sites is 1. The molecule has 6 heteroatoms. The topological polar surface area (TPSA) is 67.5 Å². The summed E-state index contributed by atoms with van der Waals surface area (Å²) in [5.74, 6) is 0. The van der Waals surface area contributed by atoms with Crippen molar-refractivity contribution in [3.05, 3.63) is 70.3 Å². The van der Waals surface area contributed by atoms with E-state index >= 15 is 0 Å². The molecular formula is C15H13N3O2S. The van der Waals surface area contributed by atoms with Crippen molar-refractivity contribution in [3.8, 4) is 0 Å². The molecule has 5 nitrogen and oxygen atoms in total. The normalized spacial score (nSPS) is 17.3. The first-order chi connectivity index (χ1) is 10.2. The minimum atomic E-state index is -0.384. The Bertz CT molecular complexity index is 671. The zero-order valence-electron chi connectivity index (χ0n) is 11.1. The molecule has 21 heavy (non-hydrogen) atoms. The van der Waals surface area contributed by atoms with Crippen molar-refractivity contribution in [2.75, 3.05) is 11.9 Å². The summed E-state index contributed by atoms with van der Waals surface area (Å²) >= 11 is 1.64. The van der Waals surface area contributed by atoms with Crippen LogP contribution in [0.2, 0.25) is 0 Å². The van der Waals surface area contributed by atoms with Crippen molar-refractivity contribution in [2.24, 2.45) is 4.99 Å². The van der Waals surface area contributed by atoms with Crippen molar-refractivity contribution in [3.63, 3.8) is 0 Å². The van der Waals surface area contributed by atoms with Crippen LogP contribution >= 0.6 is 11.8 Å². The second-order valence-corrected chi connectivity index (χ2v) is 5.78. The number of benzene rings is 2. The van der Waals surface area contributed by atoms with Gasteiger partial charge in [0.25, 0.3) is 5.69 Å². The Balaban J connectivity index is 1.64. The first kappa shape index (κ1) is 13.6. The highest BCUT2D eigenvalue weighted by Gasteiger charge is 2.22. The van der Waals surface area contributed by atoms with Crippen molar-refractivity contribution < 1.29 is 4.92 Å². The molecule has 1 N–H and O–H groups in total. The second kappa shape index (κ2) is 5.97. The Morgan fingerprint density at radius 1 is 1.14 bits per heavy atom. The fourth-order valence-corrected chi connectivity index (χ4v) is 3.11. The van der Waals surface area contributed by atoms with Gasteiger partial charge < -0.3 is 5.32 Å². The summed E-state index contributed by atoms with van der Waals surface area (Å²) in [5.41, 5.74) is 2.18. The standard InChI is InChI=1S/C15H13N3O2S/c19-18(20)13-8-6-11(7-9-13)14-10-16-15(21-14)17-12-4-2-1-3-5-12/h1-9,14H,10H2,(H,16,17). The molecule has 0 saturated carbocycles. The van der Waals surface area contributed by atoms with E-state index < -0.39 is 0 Å². The van der Waals surface area contributed by atoms with E-state index in [4.69, 9.17) is 0 Å². The molecule has 3 rings (SSSR count). The van der Waals surface area contributed by atoms with Gasteiger partial charge in [-0.05, 0) is 17.7 Å². The molecule has 0 aliphatic carbocycles. The predicted octanol–water partition coefficient (Wildman–Crippen LogP) is 3.85. The number of nitrogens with one attached hydrogen (secondary N) is 1. The van der Waals surface area contributed by atoms with Crippen molar-refractivity contribution in [1.29, 1.82) is 0 Å². The van der Waals surface area contributed by atoms with Crippen LogP contribution in [0.15, 0.2) is 59.6 Å². The van der Waals surface area contributed by atoms with Gasteiger partial charge >= 0.3 is 0 Å². The molecule has 2 aromatic carbocycles. The molecule has 0 amide bonds. The summed E-state index contributed by atoms with van der Waals surface area (Å²) in [6.45, 7) is 0.678. The van der Waals surface area contributed by atoms with Gasteiger partial charge in [0.15, 0.2) is 5.17 Å². The molecule has 0 spiro atoms. The fourth-order valence-electron chi connectivity index (χ4n) is 2.07. The van der Waals surface area contributed by atoms with Gasteiger partial charge in [-0.3, -0.25) is 15.1 Å². The van der Waals surface area contributed by atoms with Gasteiger partial charge in [0.2, 0.25) is 0 Å². The second-order valence-electron chi connectivity index (χ2n) is 4.59. The van der Waals surface area contributed by atoms with Crippen molar-refractivity contribution in [1.82, 2.24) is 0 Å². The van der Waals surface area contributed by atoms with Crippen LogP contribution in [0.4, 0.5) is 11.4 Å². The molecule has 1 atom stereocenters. The van der Waals surface area contributed by atoms with Gasteiger partial charge in [0.05, 0.1) is 16.7 Å². The van der Waals surface area contributed by atoms with Crippen molar-refractivity contribution in [2.45, 2.75) is 5.25 Å². The van der Waals surface area contributed by atoms with Gasteiger partial charge in [0, 0.05) is 17.8 Å². The van der Waals surface area contributed by atoms with Gasteiger partial charge in [0.1, 0.15) is 0 Å². The smallest absolute Gasteiger partial charge is 0.269 e. The maximum atomic E-state index is 10.7. The minimum absolute atomic E-state index is 0.116. The maximum Gasteiger partial charge on any atom is 0.269 e. The number of thioether (sulfide) groups is 1. The number of aliphatic imine (C=N–C) groups is 1. The van der Waals surface area contributed by atoms with E-state index in [0.717, 1.165) is 16.4 Å². The van der Waals surface area contributed by atoms with Crippen LogP contribution in [0.1, 0.15) is 10.8 Å². The van der Waals surface area contributed by atoms with Gasteiger partial charge in [-0.25, -0.2) is 0 Å². The number of nitrogens with zero attached hydrogens (tertiary/aromatic N) is 2. The largest absolute Gasteiger partial charge is 0.335 e. The molecule has 0 bridgehead atoms. The Labute approximate surface area is 126 Å². The number of hydrogen-bond acceptors (Lipinski definition) is 5. The van der Waals surface area contributed by atoms with E-state index in [9.17, 15) is 10.1 Å². The molecule has 106 valence electrons. The average molecular weight is 299 g/mol. The van der Waals surface area contributed by atoms with Crippen LogP contribution in [0.3, 0.4) is 0 Å². The van der Waals surface area contributed by atoms with Crippen LogP contribution in [-0.2, 0) is 0 Å². The van der Waals surface area contributed by atoms with Crippen LogP contribution < -0.4 is 5.32 Å². The lowest BCUT2D eigenvalue weighted by molar-refractivity contribution is -0.384. The molecule has 0 radical (unpaired) electrons. The zero-order chi connectivity index (χ0) is 14.7. The molecular weight excluding hydrogens is 286 g/mol. The van der Waals surface area contributed by atoms with E-state index in [1.165, 1.54) is 0 Å². The first-order valence-corrected chi connectivity index (χ1v) is 7.38. The summed E-state index contributed by atoms with van der Waals surface area (Å²) in [6.07, 6.45) is 0. The van der Waals surface area contributed by atoms with Crippen LogP contribution in [-0.4, -0.2) is 16.6 Å². The number of nitro benzene ring substituents is 1. The Kier molecular flexibility index (Phi) is 3.87. The molecule has 1 heterocycles. The van der Waals surface area contributed by atoms with Gasteiger partial charge in [-0.15, -0.1) is 0 Å². The third kappa shape index (κ3) is 3.22. The summed E-state index contributed by atoms with van der Waals surface area (Å²) in [6, 6.07) is 16.6. The third-order valence-corrected chi connectivity index (χ3v) is 4.32. The SMILES string of the molecule is O=[N+]([O-])c1ccc(C2CN=C(Nc3ccccc3)S2)cc1. The highest BCUT2D eigenvalue weighted by Crippen LogP contribution is 2.36. The first-order valence-electron chi connectivity index (χ1n) is 6.50. The number of hydrogen-bond donors (Lipinski definition) is 1.